The quantitative estimate of drug-likeness (QED) is 0.771. The first kappa shape index (κ1) is 14.8. The molecule has 1 aromatic heterocycles. The Kier molecular flexibility index (Phi) is 4.73. The topological polar surface area (TPSA) is 97.4 Å². The Morgan fingerprint density at radius 3 is 2.62 bits per heavy atom. The molecular formula is C15H17N3O3. The van der Waals surface area contributed by atoms with E-state index in [1.165, 1.54) is 0 Å². The number of anilines is 1. The third-order valence-electron chi connectivity index (χ3n) is 2.98. The van der Waals surface area contributed by atoms with Crippen LogP contribution in [0.3, 0.4) is 0 Å². The number of nitrogens with one attached hydrogen (secondary N) is 2. The first-order valence-electron chi connectivity index (χ1n) is 6.52. The van der Waals surface area contributed by atoms with Gasteiger partial charge in [-0.05, 0) is 23.8 Å². The summed E-state index contributed by atoms with van der Waals surface area (Å²) in [6.45, 7) is 0.237. The molecule has 2 amide bonds. The number of hydrogen-bond donors (Lipinski definition) is 3. The predicted octanol–water partition coefficient (Wildman–Crippen LogP) is 1.28. The standard InChI is InChI=1S/C15H17N3O3/c1-17-14(19)8-10-4-2-3-5-12(10)18-15(20)13-7-6-11(9-16)21-13/h2-7H,8-9,16H2,1H3,(H,17,19)(H,18,20). The van der Waals surface area contributed by atoms with Crippen molar-refractivity contribution in [3.63, 3.8) is 0 Å². The van der Waals surface area contributed by atoms with Crippen LogP contribution < -0.4 is 16.4 Å². The van der Waals surface area contributed by atoms with E-state index in [1.54, 1.807) is 37.4 Å². The molecule has 21 heavy (non-hydrogen) atoms. The Bertz CT molecular complexity index is 649. The predicted molar refractivity (Wildman–Crippen MR) is 78.8 cm³/mol. The maximum atomic E-state index is 12.1. The molecule has 1 heterocycles. The van der Waals surface area contributed by atoms with Crippen molar-refractivity contribution < 1.29 is 14.0 Å². The average Bonchev–Trinajstić information content (AvgIpc) is 2.98. The minimum absolute atomic E-state index is 0.125. The minimum atomic E-state index is -0.376. The van der Waals surface area contributed by atoms with E-state index in [0.717, 1.165) is 5.56 Å². The van der Waals surface area contributed by atoms with Crippen LogP contribution in [0, 0.1) is 0 Å². The van der Waals surface area contributed by atoms with Crippen LogP contribution in [0.1, 0.15) is 21.9 Å². The zero-order chi connectivity index (χ0) is 15.2. The van der Waals surface area contributed by atoms with Gasteiger partial charge in [-0.15, -0.1) is 0 Å². The summed E-state index contributed by atoms with van der Waals surface area (Å²) in [6, 6.07) is 10.4. The highest BCUT2D eigenvalue weighted by Crippen LogP contribution is 2.17. The van der Waals surface area contributed by atoms with Crippen LogP contribution in [-0.4, -0.2) is 18.9 Å². The van der Waals surface area contributed by atoms with Gasteiger partial charge in [0.15, 0.2) is 5.76 Å². The van der Waals surface area contributed by atoms with Crippen molar-refractivity contribution in [3.05, 3.63) is 53.5 Å². The number of benzene rings is 1. The van der Waals surface area contributed by atoms with Gasteiger partial charge >= 0.3 is 0 Å². The smallest absolute Gasteiger partial charge is 0.291 e. The second-order valence-electron chi connectivity index (χ2n) is 4.43. The number of hydrogen-bond acceptors (Lipinski definition) is 4. The molecule has 6 nitrogen and oxygen atoms in total. The molecular weight excluding hydrogens is 270 g/mol. The van der Waals surface area contributed by atoms with Crippen molar-refractivity contribution in [2.75, 3.05) is 12.4 Å². The van der Waals surface area contributed by atoms with Crippen molar-refractivity contribution in [1.82, 2.24) is 5.32 Å². The van der Waals surface area contributed by atoms with Gasteiger partial charge < -0.3 is 20.8 Å². The molecule has 0 spiro atoms. The molecule has 110 valence electrons. The van der Waals surface area contributed by atoms with Gasteiger partial charge in [0.2, 0.25) is 5.91 Å². The van der Waals surface area contributed by atoms with Crippen molar-refractivity contribution in [2.45, 2.75) is 13.0 Å². The molecule has 2 rings (SSSR count). The van der Waals surface area contributed by atoms with E-state index < -0.39 is 0 Å². The molecule has 0 saturated heterocycles. The zero-order valence-electron chi connectivity index (χ0n) is 11.7. The van der Waals surface area contributed by atoms with Crippen LogP contribution in [-0.2, 0) is 17.8 Å². The summed E-state index contributed by atoms with van der Waals surface area (Å²) in [7, 11) is 1.57. The maximum Gasteiger partial charge on any atom is 0.291 e. The second-order valence-corrected chi connectivity index (χ2v) is 4.43. The summed E-state index contributed by atoms with van der Waals surface area (Å²) in [5.41, 5.74) is 6.75. The van der Waals surface area contributed by atoms with Gasteiger partial charge in [0, 0.05) is 12.7 Å². The zero-order valence-corrected chi connectivity index (χ0v) is 11.7. The number of para-hydroxylation sites is 1. The summed E-state index contributed by atoms with van der Waals surface area (Å²) < 4.78 is 5.29. The number of rotatable bonds is 5. The van der Waals surface area contributed by atoms with Gasteiger partial charge in [-0.25, -0.2) is 0 Å². The second kappa shape index (κ2) is 6.71. The van der Waals surface area contributed by atoms with Crippen LogP contribution in [0.25, 0.3) is 0 Å². The number of carbonyl (C=O) groups is 2. The maximum absolute atomic E-state index is 12.1. The molecule has 0 radical (unpaired) electrons. The first-order valence-corrected chi connectivity index (χ1v) is 6.52. The fraction of sp³-hybridized carbons (Fsp3) is 0.200. The largest absolute Gasteiger partial charge is 0.455 e. The molecule has 0 saturated carbocycles. The molecule has 1 aromatic carbocycles. The third kappa shape index (κ3) is 3.70. The lowest BCUT2D eigenvalue weighted by atomic mass is 10.1. The van der Waals surface area contributed by atoms with Gasteiger partial charge in [0.05, 0.1) is 13.0 Å². The first-order chi connectivity index (χ1) is 10.1. The Labute approximate surface area is 122 Å². The fourth-order valence-electron chi connectivity index (χ4n) is 1.85. The minimum Gasteiger partial charge on any atom is -0.455 e. The lowest BCUT2D eigenvalue weighted by molar-refractivity contribution is -0.119. The van der Waals surface area contributed by atoms with Crippen LogP contribution in [0.15, 0.2) is 40.8 Å². The molecule has 0 fully saturated rings. The number of likely N-dealkylation sites (N-methyl/N-ethyl adjacent to an activating group) is 1. The van der Waals surface area contributed by atoms with Crippen LogP contribution in [0.5, 0.6) is 0 Å². The molecule has 0 aliphatic carbocycles. The molecule has 0 aliphatic heterocycles. The summed E-state index contributed by atoms with van der Waals surface area (Å²) in [5, 5.41) is 5.29. The molecule has 4 N–H and O–H groups in total. The highest BCUT2D eigenvalue weighted by molar-refractivity contribution is 6.03. The molecule has 2 aromatic rings. The van der Waals surface area contributed by atoms with Gasteiger partial charge in [-0.1, -0.05) is 18.2 Å². The van der Waals surface area contributed by atoms with E-state index in [9.17, 15) is 9.59 Å². The Balaban J connectivity index is 2.15. The fourth-order valence-corrected chi connectivity index (χ4v) is 1.85. The van der Waals surface area contributed by atoms with Crippen LogP contribution >= 0.6 is 0 Å². The number of amides is 2. The van der Waals surface area contributed by atoms with Gasteiger partial charge in [0.1, 0.15) is 5.76 Å². The number of nitrogens with two attached hydrogens (primary N) is 1. The highest BCUT2D eigenvalue weighted by atomic mass is 16.4. The van der Waals surface area contributed by atoms with E-state index in [1.807, 2.05) is 6.07 Å². The van der Waals surface area contributed by atoms with Gasteiger partial charge in [0.25, 0.3) is 5.91 Å². The van der Waals surface area contributed by atoms with Crippen molar-refractivity contribution in [1.29, 1.82) is 0 Å². The summed E-state index contributed by atoms with van der Waals surface area (Å²) in [4.78, 5) is 23.6. The lowest BCUT2D eigenvalue weighted by Gasteiger charge is -2.09. The molecule has 0 bridgehead atoms. The van der Waals surface area contributed by atoms with Gasteiger partial charge in [-0.3, -0.25) is 9.59 Å². The Morgan fingerprint density at radius 2 is 1.95 bits per heavy atom. The van der Waals surface area contributed by atoms with Crippen molar-refractivity contribution >= 4 is 17.5 Å². The van der Waals surface area contributed by atoms with Crippen molar-refractivity contribution in [3.8, 4) is 0 Å². The summed E-state index contributed by atoms with van der Waals surface area (Å²) in [6.07, 6.45) is 0.194. The van der Waals surface area contributed by atoms with E-state index in [0.29, 0.717) is 11.4 Å². The van der Waals surface area contributed by atoms with E-state index >= 15 is 0 Å². The van der Waals surface area contributed by atoms with Crippen molar-refractivity contribution in [2.24, 2.45) is 5.73 Å². The van der Waals surface area contributed by atoms with E-state index in [4.69, 9.17) is 10.2 Å². The normalized spacial score (nSPS) is 10.2. The van der Waals surface area contributed by atoms with Crippen LogP contribution in [0.2, 0.25) is 0 Å². The monoisotopic (exact) mass is 287 g/mol. The Hall–Kier alpha value is -2.60. The summed E-state index contributed by atoms with van der Waals surface area (Å²) >= 11 is 0. The highest BCUT2D eigenvalue weighted by Gasteiger charge is 2.13. The molecule has 6 heteroatoms. The summed E-state index contributed by atoms with van der Waals surface area (Å²) in [5.74, 6) is 0.225. The SMILES string of the molecule is CNC(=O)Cc1ccccc1NC(=O)c1ccc(CN)o1. The number of furan rings is 1. The van der Waals surface area contributed by atoms with Crippen LogP contribution in [0.4, 0.5) is 5.69 Å². The molecule has 0 aliphatic rings. The third-order valence-corrected chi connectivity index (χ3v) is 2.98. The van der Waals surface area contributed by atoms with E-state index in [2.05, 4.69) is 10.6 Å². The number of carbonyl (C=O) groups excluding carboxylic acids is 2. The molecule has 0 atom stereocenters. The molecule has 0 unspecified atom stereocenters. The van der Waals surface area contributed by atoms with Gasteiger partial charge in [-0.2, -0.15) is 0 Å². The Morgan fingerprint density at radius 1 is 1.19 bits per heavy atom. The van der Waals surface area contributed by atoms with E-state index in [-0.39, 0.29) is 30.5 Å². The lowest BCUT2D eigenvalue weighted by Crippen LogP contribution is -2.21. The average molecular weight is 287 g/mol.